The second kappa shape index (κ2) is 6.80. The highest BCUT2D eigenvalue weighted by atomic mass is 79.9. The summed E-state index contributed by atoms with van der Waals surface area (Å²) in [6.07, 6.45) is 8.43. The molecule has 28 heavy (non-hydrogen) atoms. The van der Waals surface area contributed by atoms with Crippen molar-refractivity contribution in [2.24, 2.45) is 34.5 Å². The van der Waals surface area contributed by atoms with Crippen molar-refractivity contribution in [2.75, 3.05) is 0 Å². The Balaban J connectivity index is 1.59. The minimum Gasteiger partial charge on any atom is -0.463 e. The van der Waals surface area contributed by atoms with Gasteiger partial charge in [-0.2, -0.15) is 0 Å². The Morgan fingerprint density at radius 1 is 1.00 bits per heavy atom. The summed E-state index contributed by atoms with van der Waals surface area (Å²) in [5.41, 5.74) is -1.28. The molecule has 5 heteroatoms. The highest BCUT2D eigenvalue weighted by molar-refractivity contribution is 9.09. The fraction of sp³-hybridized carbons (Fsp3) is 0.913. The van der Waals surface area contributed by atoms with Gasteiger partial charge in [-0.05, 0) is 87.4 Å². The van der Waals surface area contributed by atoms with E-state index in [0.717, 1.165) is 38.5 Å². The molecule has 0 saturated heterocycles. The van der Waals surface area contributed by atoms with Crippen molar-refractivity contribution in [1.29, 1.82) is 0 Å². The van der Waals surface area contributed by atoms with Gasteiger partial charge in [0.1, 0.15) is 11.7 Å². The zero-order chi connectivity index (χ0) is 20.5. The van der Waals surface area contributed by atoms with E-state index in [4.69, 9.17) is 4.74 Å². The smallest absolute Gasteiger partial charge is 0.302 e. The molecule has 158 valence electrons. The van der Waals surface area contributed by atoms with Crippen molar-refractivity contribution in [3.8, 4) is 0 Å². The number of halogens is 1. The maximum atomic E-state index is 12.5. The van der Waals surface area contributed by atoms with Gasteiger partial charge in [-0.15, -0.1) is 0 Å². The molecule has 0 spiro atoms. The topological polar surface area (TPSA) is 63.6 Å². The molecule has 4 aliphatic rings. The number of hydrogen-bond acceptors (Lipinski definition) is 4. The minimum absolute atomic E-state index is 0.0837. The monoisotopic (exact) mass is 454 g/mol. The molecule has 4 fully saturated rings. The molecule has 9 atom stereocenters. The van der Waals surface area contributed by atoms with Crippen LogP contribution in [0.5, 0.6) is 0 Å². The summed E-state index contributed by atoms with van der Waals surface area (Å²) in [7, 11) is 0. The van der Waals surface area contributed by atoms with Crippen LogP contribution in [0, 0.1) is 34.5 Å². The van der Waals surface area contributed by atoms with Crippen LogP contribution in [0.15, 0.2) is 0 Å². The second-order valence-corrected chi connectivity index (χ2v) is 11.8. The molecule has 4 nitrogen and oxygen atoms in total. The van der Waals surface area contributed by atoms with Gasteiger partial charge < -0.3 is 9.84 Å². The van der Waals surface area contributed by atoms with Crippen LogP contribution >= 0.6 is 15.9 Å². The highest BCUT2D eigenvalue weighted by Gasteiger charge is 2.69. The Bertz CT molecular complexity index is 680. The lowest BCUT2D eigenvalue weighted by atomic mass is 9.44. The second-order valence-electron chi connectivity index (χ2n) is 10.6. The fourth-order valence-electron chi connectivity index (χ4n) is 8.16. The SMILES string of the molecule is CC(=O)O[C@H]1CC[C@@]2(C)[C@@H](CC[C@H]3[C@H]2CC[C@@]2(C)[C@H]3C[C@@H](Br)[C@]2(O)C(C)=O)C1. The first-order chi connectivity index (χ1) is 13.0. The summed E-state index contributed by atoms with van der Waals surface area (Å²) in [5, 5.41) is 11.5. The van der Waals surface area contributed by atoms with Crippen LogP contribution in [0.4, 0.5) is 0 Å². The maximum absolute atomic E-state index is 12.5. The van der Waals surface area contributed by atoms with Gasteiger partial charge in [0.2, 0.25) is 0 Å². The predicted molar refractivity (Wildman–Crippen MR) is 111 cm³/mol. The fourth-order valence-corrected chi connectivity index (χ4v) is 9.41. The molecular formula is C23H35BrO4. The van der Waals surface area contributed by atoms with E-state index in [9.17, 15) is 14.7 Å². The van der Waals surface area contributed by atoms with Crippen LogP contribution in [0.2, 0.25) is 0 Å². The molecule has 0 aromatic rings. The molecule has 0 heterocycles. The Hall–Kier alpha value is -0.420. The number of hydrogen-bond donors (Lipinski definition) is 1. The van der Waals surface area contributed by atoms with Crippen molar-refractivity contribution < 1.29 is 19.4 Å². The van der Waals surface area contributed by atoms with E-state index >= 15 is 0 Å². The molecule has 0 aromatic heterocycles. The molecule has 0 amide bonds. The van der Waals surface area contributed by atoms with Gasteiger partial charge in [0.15, 0.2) is 5.78 Å². The Morgan fingerprint density at radius 2 is 1.71 bits per heavy atom. The van der Waals surface area contributed by atoms with Gasteiger partial charge in [-0.3, -0.25) is 9.59 Å². The largest absolute Gasteiger partial charge is 0.463 e. The lowest BCUT2D eigenvalue weighted by Crippen LogP contribution is -2.60. The third-order valence-corrected chi connectivity index (χ3v) is 10.7. The zero-order valence-electron chi connectivity index (χ0n) is 17.7. The summed E-state index contributed by atoms with van der Waals surface area (Å²) < 4.78 is 5.56. The molecule has 0 bridgehead atoms. The van der Waals surface area contributed by atoms with Gasteiger partial charge in [0, 0.05) is 12.3 Å². The average Bonchev–Trinajstić information content (AvgIpc) is 2.83. The zero-order valence-corrected chi connectivity index (χ0v) is 19.3. The first kappa shape index (κ1) is 20.8. The first-order valence-electron chi connectivity index (χ1n) is 11.1. The van der Waals surface area contributed by atoms with Gasteiger partial charge in [-0.1, -0.05) is 29.8 Å². The van der Waals surface area contributed by atoms with E-state index in [1.807, 2.05) is 0 Å². The van der Waals surface area contributed by atoms with Crippen molar-refractivity contribution in [3.05, 3.63) is 0 Å². The van der Waals surface area contributed by atoms with E-state index in [1.165, 1.54) is 19.8 Å². The van der Waals surface area contributed by atoms with Gasteiger partial charge in [-0.25, -0.2) is 0 Å². The highest BCUT2D eigenvalue weighted by Crippen LogP contribution is 2.69. The number of carbonyl (C=O) groups is 2. The predicted octanol–water partition coefficient (Wildman–Crippen LogP) is 4.65. The van der Waals surface area contributed by atoms with Crippen LogP contribution in [0.25, 0.3) is 0 Å². The van der Waals surface area contributed by atoms with Crippen molar-refractivity contribution in [2.45, 2.75) is 95.6 Å². The lowest BCUT2D eigenvalue weighted by Gasteiger charge is -2.61. The van der Waals surface area contributed by atoms with Crippen molar-refractivity contribution in [3.63, 3.8) is 0 Å². The number of rotatable bonds is 2. The molecule has 1 N–H and O–H groups in total. The van der Waals surface area contributed by atoms with Crippen LogP contribution in [0.3, 0.4) is 0 Å². The normalized spacial score (nSPS) is 52.9. The number of carbonyl (C=O) groups excluding carboxylic acids is 2. The Morgan fingerprint density at radius 3 is 2.36 bits per heavy atom. The van der Waals surface area contributed by atoms with E-state index < -0.39 is 5.60 Å². The molecule has 0 aliphatic heterocycles. The van der Waals surface area contributed by atoms with Gasteiger partial charge >= 0.3 is 5.97 Å². The molecule has 0 aromatic carbocycles. The number of fused-ring (bicyclic) bond motifs is 5. The maximum Gasteiger partial charge on any atom is 0.302 e. The van der Waals surface area contributed by atoms with Crippen LogP contribution in [-0.4, -0.2) is 33.4 Å². The molecule has 4 aliphatic carbocycles. The first-order valence-corrected chi connectivity index (χ1v) is 12.0. The van der Waals surface area contributed by atoms with Gasteiger partial charge in [0.25, 0.3) is 0 Å². The summed E-state index contributed by atoms with van der Waals surface area (Å²) in [5.74, 6) is 2.00. The summed E-state index contributed by atoms with van der Waals surface area (Å²) in [6, 6.07) is 0. The molecular weight excluding hydrogens is 420 g/mol. The number of esters is 1. The standard InChI is InChI=1S/C23H35BrO4/c1-13(25)23(27)20(24)12-19-17-6-5-15-11-16(28-14(2)26)7-9-21(15,3)18(17)8-10-22(19,23)4/h15-20,27H,5-12H2,1-4H3/t15-,16-,17-,18+,19-,20+,21-,22-,23+/m0/s1. The van der Waals surface area contributed by atoms with Crippen molar-refractivity contribution in [1.82, 2.24) is 0 Å². The number of ether oxygens (including phenoxy) is 1. The number of aliphatic hydroxyl groups is 1. The summed E-state index contributed by atoms with van der Waals surface area (Å²) in [4.78, 5) is 23.8. The average molecular weight is 455 g/mol. The van der Waals surface area contributed by atoms with E-state index in [-0.39, 0.29) is 28.1 Å². The molecule has 0 radical (unpaired) electrons. The van der Waals surface area contributed by atoms with E-state index in [1.54, 1.807) is 6.92 Å². The summed E-state index contributed by atoms with van der Waals surface area (Å²) in [6.45, 7) is 7.71. The molecule has 4 rings (SSSR count). The Labute approximate surface area is 177 Å². The van der Waals surface area contributed by atoms with E-state index in [0.29, 0.717) is 29.1 Å². The van der Waals surface area contributed by atoms with E-state index in [2.05, 4.69) is 29.8 Å². The summed E-state index contributed by atoms with van der Waals surface area (Å²) >= 11 is 3.70. The number of alkyl halides is 1. The van der Waals surface area contributed by atoms with Gasteiger partial charge in [0.05, 0.1) is 4.83 Å². The Kier molecular flexibility index (Phi) is 5.06. The number of Topliss-reactive ketones (excluding diaryl/α,β-unsaturated/α-hetero) is 1. The number of ketones is 1. The minimum atomic E-state index is -1.24. The molecule has 0 unspecified atom stereocenters. The quantitative estimate of drug-likeness (QED) is 0.486. The van der Waals surface area contributed by atoms with Crippen molar-refractivity contribution >= 4 is 27.7 Å². The van der Waals surface area contributed by atoms with Crippen LogP contribution < -0.4 is 0 Å². The third-order valence-electron chi connectivity index (χ3n) is 9.66. The molecule has 4 saturated carbocycles. The van der Waals surface area contributed by atoms with Crippen LogP contribution in [-0.2, 0) is 14.3 Å². The van der Waals surface area contributed by atoms with Crippen LogP contribution in [0.1, 0.15) is 79.1 Å². The lowest BCUT2D eigenvalue weighted by molar-refractivity contribution is -0.174. The third kappa shape index (κ3) is 2.71.